The van der Waals surface area contributed by atoms with Crippen LogP contribution in [0.5, 0.6) is 0 Å². The summed E-state index contributed by atoms with van der Waals surface area (Å²) in [5, 5.41) is 3.77. The molecule has 0 heterocycles. The average molecular weight is 302 g/mol. The topological polar surface area (TPSA) is 12.0 Å². The van der Waals surface area contributed by atoms with Gasteiger partial charge >= 0.3 is 0 Å². The molecule has 2 aromatic carbocycles. The smallest absolute Gasteiger partial charge is 0.128 e. The van der Waals surface area contributed by atoms with E-state index in [4.69, 9.17) is 23.2 Å². The van der Waals surface area contributed by atoms with E-state index in [-0.39, 0.29) is 5.56 Å². The van der Waals surface area contributed by atoms with E-state index in [0.29, 0.717) is 15.7 Å². The van der Waals surface area contributed by atoms with E-state index in [1.165, 1.54) is 0 Å². The largest absolute Gasteiger partial charge is 0.377 e. The maximum atomic E-state index is 13.6. The van der Waals surface area contributed by atoms with Crippen LogP contribution in [0.25, 0.3) is 0 Å². The number of rotatable bonds is 3. The summed E-state index contributed by atoms with van der Waals surface area (Å²) in [6.45, 7) is 1.72. The summed E-state index contributed by atoms with van der Waals surface area (Å²) in [6, 6.07) is 8.01. The van der Waals surface area contributed by atoms with Crippen molar-refractivity contribution in [3.8, 4) is 0 Å². The Morgan fingerprint density at radius 3 is 2.58 bits per heavy atom. The Morgan fingerprint density at radius 2 is 1.84 bits per heavy atom. The molecule has 100 valence electrons. The van der Waals surface area contributed by atoms with Crippen LogP contribution in [-0.4, -0.2) is 0 Å². The zero-order valence-electron chi connectivity index (χ0n) is 10.1. The SMILES string of the molecule is CC(Nc1cccc(Cl)c1Cl)c1cc(F)ccc1F. The molecule has 2 aromatic rings. The Labute approximate surface area is 120 Å². The van der Waals surface area contributed by atoms with Crippen LogP contribution in [0, 0.1) is 11.6 Å². The summed E-state index contributed by atoms with van der Waals surface area (Å²) in [4.78, 5) is 0. The van der Waals surface area contributed by atoms with Crippen LogP contribution >= 0.6 is 23.2 Å². The number of hydrogen-bond donors (Lipinski definition) is 1. The molecule has 0 aliphatic heterocycles. The summed E-state index contributed by atoms with van der Waals surface area (Å²) >= 11 is 11.9. The van der Waals surface area contributed by atoms with Crippen LogP contribution in [0.2, 0.25) is 10.0 Å². The van der Waals surface area contributed by atoms with Gasteiger partial charge in [0.1, 0.15) is 11.6 Å². The molecule has 2 rings (SSSR count). The Hall–Kier alpha value is -1.32. The maximum absolute atomic E-state index is 13.6. The number of halogens is 4. The van der Waals surface area contributed by atoms with E-state index in [9.17, 15) is 8.78 Å². The fourth-order valence-corrected chi connectivity index (χ4v) is 2.13. The molecule has 0 aliphatic rings. The number of anilines is 1. The van der Waals surface area contributed by atoms with Crippen LogP contribution in [0.1, 0.15) is 18.5 Å². The fraction of sp³-hybridized carbons (Fsp3) is 0.143. The molecule has 0 bridgehead atoms. The van der Waals surface area contributed by atoms with Crippen LogP contribution < -0.4 is 5.32 Å². The lowest BCUT2D eigenvalue weighted by molar-refractivity contribution is 0.577. The normalized spacial score (nSPS) is 12.3. The van der Waals surface area contributed by atoms with Gasteiger partial charge in [-0.1, -0.05) is 29.3 Å². The lowest BCUT2D eigenvalue weighted by atomic mass is 10.1. The van der Waals surface area contributed by atoms with Crippen LogP contribution in [-0.2, 0) is 0 Å². The van der Waals surface area contributed by atoms with Gasteiger partial charge in [-0.25, -0.2) is 8.78 Å². The molecule has 1 atom stereocenters. The van der Waals surface area contributed by atoms with Crippen molar-refractivity contribution in [2.45, 2.75) is 13.0 Å². The molecule has 0 aliphatic carbocycles. The zero-order valence-corrected chi connectivity index (χ0v) is 11.6. The van der Waals surface area contributed by atoms with E-state index >= 15 is 0 Å². The first-order chi connectivity index (χ1) is 8.99. The summed E-state index contributed by atoms with van der Waals surface area (Å²) in [7, 11) is 0. The number of hydrogen-bond acceptors (Lipinski definition) is 1. The van der Waals surface area contributed by atoms with Crippen molar-refractivity contribution in [3.63, 3.8) is 0 Å². The Morgan fingerprint density at radius 1 is 1.11 bits per heavy atom. The molecule has 5 heteroatoms. The van der Waals surface area contributed by atoms with E-state index < -0.39 is 17.7 Å². The van der Waals surface area contributed by atoms with Gasteiger partial charge in [0, 0.05) is 5.56 Å². The standard InChI is InChI=1S/C14H11Cl2F2N/c1-8(10-7-9(17)5-6-12(10)18)19-13-4-2-3-11(15)14(13)16/h2-8,19H,1H3. The maximum Gasteiger partial charge on any atom is 0.128 e. The average Bonchev–Trinajstić information content (AvgIpc) is 2.38. The third-order valence-corrected chi connectivity index (χ3v) is 3.57. The lowest BCUT2D eigenvalue weighted by Gasteiger charge is -2.17. The summed E-state index contributed by atoms with van der Waals surface area (Å²) in [5.74, 6) is -0.957. The summed E-state index contributed by atoms with van der Waals surface area (Å²) < 4.78 is 26.8. The molecule has 1 nitrogen and oxygen atoms in total. The molecule has 0 amide bonds. The Balaban J connectivity index is 2.28. The highest BCUT2D eigenvalue weighted by Crippen LogP contribution is 2.32. The predicted octanol–water partition coefficient (Wildman–Crippen LogP) is 5.44. The minimum Gasteiger partial charge on any atom is -0.377 e. The van der Waals surface area contributed by atoms with Gasteiger partial charge in [0.15, 0.2) is 0 Å². The van der Waals surface area contributed by atoms with Gasteiger partial charge in [-0.05, 0) is 37.3 Å². The molecular formula is C14H11Cl2F2N. The van der Waals surface area contributed by atoms with Crippen molar-refractivity contribution < 1.29 is 8.78 Å². The first-order valence-electron chi connectivity index (χ1n) is 5.64. The van der Waals surface area contributed by atoms with Gasteiger partial charge in [0.25, 0.3) is 0 Å². The van der Waals surface area contributed by atoms with Crippen LogP contribution in [0.3, 0.4) is 0 Å². The lowest BCUT2D eigenvalue weighted by Crippen LogP contribution is -2.09. The van der Waals surface area contributed by atoms with Gasteiger partial charge < -0.3 is 5.32 Å². The molecular weight excluding hydrogens is 291 g/mol. The second kappa shape index (κ2) is 5.76. The van der Waals surface area contributed by atoms with Crippen LogP contribution in [0.15, 0.2) is 36.4 Å². The van der Waals surface area contributed by atoms with Crippen molar-refractivity contribution in [2.75, 3.05) is 5.32 Å². The quantitative estimate of drug-likeness (QED) is 0.795. The molecule has 19 heavy (non-hydrogen) atoms. The highest BCUT2D eigenvalue weighted by atomic mass is 35.5. The van der Waals surface area contributed by atoms with Gasteiger partial charge in [-0.2, -0.15) is 0 Å². The molecule has 0 radical (unpaired) electrons. The highest BCUT2D eigenvalue weighted by Gasteiger charge is 2.14. The first-order valence-corrected chi connectivity index (χ1v) is 6.40. The third-order valence-electron chi connectivity index (χ3n) is 2.75. The molecule has 1 unspecified atom stereocenters. The van der Waals surface area contributed by atoms with E-state index in [1.807, 2.05) is 0 Å². The van der Waals surface area contributed by atoms with Crippen molar-refractivity contribution in [3.05, 3.63) is 63.6 Å². The Bertz CT molecular complexity index is 602. The summed E-state index contributed by atoms with van der Waals surface area (Å²) in [5.41, 5.74) is 0.807. The van der Waals surface area contributed by atoms with Crippen LogP contribution in [0.4, 0.5) is 14.5 Å². The molecule has 0 fully saturated rings. The predicted molar refractivity (Wildman–Crippen MR) is 74.9 cm³/mol. The minimum atomic E-state index is -0.484. The Kier molecular flexibility index (Phi) is 4.27. The van der Waals surface area contributed by atoms with Crippen molar-refractivity contribution in [1.82, 2.24) is 0 Å². The number of benzene rings is 2. The molecule has 1 N–H and O–H groups in total. The fourth-order valence-electron chi connectivity index (χ4n) is 1.77. The third kappa shape index (κ3) is 3.17. The van der Waals surface area contributed by atoms with Crippen molar-refractivity contribution in [1.29, 1.82) is 0 Å². The van der Waals surface area contributed by atoms with E-state index in [0.717, 1.165) is 18.2 Å². The van der Waals surface area contributed by atoms with Gasteiger partial charge in [0.2, 0.25) is 0 Å². The van der Waals surface area contributed by atoms with E-state index in [1.54, 1.807) is 25.1 Å². The monoisotopic (exact) mass is 301 g/mol. The molecule has 0 aromatic heterocycles. The number of nitrogens with one attached hydrogen (secondary N) is 1. The highest BCUT2D eigenvalue weighted by molar-refractivity contribution is 6.43. The summed E-state index contributed by atoms with van der Waals surface area (Å²) in [6.07, 6.45) is 0. The zero-order chi connectivity index (χ0) is 14.0. The van der Waals surface area contributed by atoms with Gasteiger partial charge in [-0.3, -0.25) is 0 Å². The second-order valence-electron chi connectivity index (χ2n) is 4.13. The minimum absolute atomic E-state index is 0.232. The second-order valence-corrected chi connectivity index (χ2v) is 4.92. The van der Waals surface area contributed by atoms with Crippen molar-refractivity contribution >= 4 is 28.9 Å². The van der Waals surface area contributed by atoms with Gasteiger partial charge in [0.05, 0.1) is 21.8 Å². The molecule has 0 spiro atoms. The first kappa shape index (κ1) is 14.1. The molecule has 0 saturated heterocycles. The van der Waals surface area contributed by atoms with E-state index in [2.05, 4.69) is 5.32 Å². The van der Waals surface area contributed by atoms with Gasteiger partial charge in [-0.15, -0.1) is 0 Å². The van der Waals surface area contributed by atoms with Crippen molar-refractivity contribution in [2.24, 2.45) is 0 Å². The molecule has 0 saturated carbocycles.